The number of unbranched alkanes of at least 4 members (excludes halogenated alkanes) is 2. The van der Waals surface area contributed by atoms with E-state index in [1.165, 1.54) is 34.6 Å². The summed E-state index contributed by atoms with van der Waals surface area (Å²) < 4.78 is 0. The fourth-order valence-electron chi connectivity index (χ4n) is 1.52. The molecule has 0 N–H and O–H groups in total. The molecule has 0 aliphatic carbocycles. The first kappa shape index (κ1) is 12.9. The van der Waals surface area contributed by atoms with E-state index in [1.54, 1.807) is 0 Å². The van der Waals surface area contributed by atoms with E-state index >= 15 is 0 Å². The van der Waals surface area contributed by atoms with E-state index in [0.717, 1.165) is 12.3 Å². The van der Waals surface area contributed by atoms with Crippen molar-refractivity contribution in [2.24, 2.45) is 0 Å². The molecule has 84 valence electrons. The van der Waals surface area contributed by atoms with E-state index in [2.05, 4.69) is 32.0 Å². The number of thioether (sulfide) groups is 1. The summed E-state index contributed by atoms with van der Waals surface area (Å²) in [6, 6.07) is 6.67. The normalized spacial score (nSPS) is 10.6. The van der Waals surface area contributed by atoms with Crippen molar-refractivity contribution in [3.8, 4) is 0 Å². The van der Waals surface area contributed by atoms with Crippen molar-refractivity contribution < 1.29 is 0 Å². The third-order valence-corrected chi connectivity index (χ3v) is 3.90. The number of hydrogen-bond acceptors (Lipinski definition) is 1. The Bertz CT molecular complexity index is 297. The van der Waals surface area contributed by atoms with E-state index in [9.17, 15) is 0 Å². The van der Waals surface area contributed by atoms with Gasteiger partial charge in [0.05, 0.1) is 0 Å². The van der Waals surface area contributed by atoms with Gasteiger partial charge in [0.15, 0.2) is 0 Å². The predicted octanol–water partition coefficient (Wildman–Crippen LogP) is 4.80. The van der Waals surface area contributed by atoms with Gasteiger partial charge >= 0.3 is 0 Å². The van der Waals surface area contributed by atoms with Crippen LogP contribution < -0.4 is 0 Å². The zero-order chi connectivity index (χ0) is 11.1. The van der Waals surface area contributed by atoms with E-state index < -0.39 is 0 Å². The highest BCUT2D eigenvalue weighted by atomic mass is 35.5. The standard InChI is InChI=1S/C13H19ClS/c1-11-6-7-13(12(2)10-11)15-9-5-3-4-8-14/h6-7,10H,3-5,8-9H2,1-2H3. The van der Waals surface area contributed by atoms with Gasteiger partial charge in [-0.05, 0) is 44.1 Å². The van der Waals surface area contributed by atoms with Crippen molar-refractivity contribution in [2.45, 2.75) is 38.0 Å². The lowest BCUT2D eigenvalue weighted by molar-refractivity contribution is 0.783. The third kappa shape index (κ3) is 4.94. The molecule has 0 bridgehead atoms. The van der Waals surface area contributed by atoms with E-state index in [1.807, 2.05) is 11.8 Å². The fourth-order valence-corrected chi connectivity index (χ4v) is 2.72. The van der Waals surface area contributed by atoms with Crippen LogP contribution in [0.2, 0.25) is 0 Å². The first-order valence-corrected chi connectivity index (χ1v) is 7.02. The lowest BCUT2D eigenvalue weighted by atomic mass is 10.2. The molecule has 15 heavy (non-hydrogen) atoms. The molecule has 0 radical (unpaired) electrons. The highest BCUT2D eigenvalue weighted by Gasteiger charge is 1.98. The molecule has 0 spiro atoms. The minimum atomic E-state index is 0.800. The molecule has 0 nitrogen and oxygen atoms in total. The molecule has 1 aromatic rings. The van der Waals surface area contributed by atoms with Gasteiger partial charge in [0.1, 0.15) is 0 Å². The fraction of sp³-hybridized carbons (Fsp3) is 0.538. The first-order valence-electron chi connectivity index (χ1n) is 5.50. The van der Waals surface area contributed by atoms with Crippen molar-refractivity contribution in [3.05, 3.63) is 29.3 Å². The average Bonchev–Trinajstić information content (AvgIpc) is 2.20. The smallest absolute Gasteiger partial charge is 0.0223 e. The van der Waals surface area contributed by atoms with Gasteiger partial charge in [0.25, 0.3) is 0 Å². The zero-order valence-electron chi connectivity index (χ0n) is 9.55. The minimum absolute atomic E-state index is 0.800. The molecular formula is C13H19ClS. The molecule has 0 fully saturated rings. The molecule has 0 atom stereocenters. The largest absolute Gasteiger partial charge is 0.127 e. The second-order valence-corrected chi connectivity index (χ2v) is 5.38. The van der Waals surface area contributed by atoms with Gasteiger partial charge in [-0.25, -0.2) is 0 Å². The van der Waals surface area contributed by atoms with Crippen LogP contribution in [0.3, 0.4) is 0 Å². The molecule has 0 aliphatic heterocycles. The zero-order valence-corrected chi connectivity index (χ0v) is 11.1. The van der Waals surface area contributed by atoms with Crippen LogP contribution in [-0.4, -0.2) is 11.6 Å². The molecule has 0 aliphatic rings. The monoisotopic (exact) mass is 242 g/mol. The van der Waals surface area contributed by atoms with Gasteiger partial charge < -0.3 is 0 Å². The second kappa shape index (κ2) is 7.19. The Morgan fingerprint density at radius 2 is 1.93 bits per heavy atom. The highest BCUT2D eigenvalue weighted by Crippen LogP contribution is 2.24. The first-order chi connectivity index (χ1) is 7.24. The molecule has 0 aromatic heterocycles. The van der Waals surface area contributed by atoms with Crippen molar-refractivity contribution in [1.82, 2.24) is 0 Å². The maximum Gasteiger partial charge on any atom is 0.0223 e. The summed E-state index contributed by atoms with van der Waals surface area (Å²) in [6.45, 7) is 4.33. The Morgan fingerprint density at radius 1 is 1.13 bits per heavy atom. The number of aryl methyl sites for hydroxylation is 2. The molecule has 0 saturated heterocycles. The van der Waals surface area contributed by atoms with Crippen LogP contribution in [0.4, 0.5) is 0 Å². The summed E-state index contributed by atoms with van der Waals surface area (Å²) in [5.41, 5.74) is 2.75. The van der Waals surface area contributed by atoms with Crippen molar-refractivity contribution in [1.29, 1.82) is 0 Å². The number of hydrogen-bond donors (Lipinski definition) is 0. The molecule has 0 unspecified atom stereocenters. The number of halogens is 1. The number of alkyl halides is 1. The van der Waals surface area contributed by atoms with Crippen LogP contribution in [0.15, 0.2) is 23.1 Å². The molecule has 0 heterocycles. The quantitative estimate of drug-likeness (QED) is 0.392. The Hall–Kier alpha value is -0.140. The topological polar surface area (TPSA) is 0 Å². The molecule has 2 heteroatoms. The van der Waals surface area contributed by atoms with E-state index in [4.69, 9.17) is 11.6 Å². The summed E-state index contributed by atoms with van der Waals surface area (Å²) in [5, 5.41) is 0. The number of rotatable bonds is 6. The van der Waals surface area contributed by atoms with Gasteiger partial charge in [-0.15, -0.1) is 23.4 Å². The minimum Gasteiger partial charge on any atom is -0.127 e. The Labute approximate surface area is 102 Å². The van der Waals surface area contributed by atoms with Crippen molar-refractivity contribution >= 4 is 23.4 Å². The van der Waals surface area contributed by atoms with Crippen molar-refractivity contribution in [2.75, 3.05) is 11.6 Å². The van der Waals surface area contributed by atoms with Crippen LogP contribution in [0, 0.1) is 13.8 Å². The maximum absolute atomic E-state index is 5.63. The van der Waals surface area contributed by atoms with Gasteiger partial charge in [-0.1, -0.05) is 24.1 Å². The SMILES string of the molecule is Cc1ccc(SCCCCCCl)c(C)c1. The highest BCUT2D eigenvalue weighted by molar-refractivity contribution is 7.99. The maximum atomic E-state index is 5.63. The Kier molecular flexibility index (Phi) is 6.19. The molecule has 0 saturated carbocycles. The van der Waals surface area contributed by atoms with Gasteiger partial charge in [0.2, 0.25) is 0 Å². The molecule has 1 rings (SSSR count). The molecule has 0 amide bonds. The van der Waals surface area contributed by atoms with Crippen LogP contribution in [-0.2, 0) is 0 Å². The summed E-state index contributed by atoms with van der Waals surface area (Å²) in [7, 11) is 0. The molecular weight excluding hydrogens is 224 g/mol. The summed E-state index contributed by atoms with van der Waals surface area (Å²) >= 11 is 7.60. The Morgan fingerprint density at radius 3 is 2.60 bits per heavy atom. The van der Waals surface area contributed by atoms with Crippen molar-refractivity contribution in [3.63, 3.8) is 0 Å². The summed E-state index contributed by atoms with van der Waals surface area (Å²) in [4.78, 5) is 1.42. The average molecular weight is 243 g/mol. The second-order valence-electron chi connectivity index (χ2n) is 3.87. The van der Waals surface area contributed by atoms with E-state index in [-0.39, 0.29) is 0 Å². The van der Waals surface area contributed by atoms with Crippen LogP contribution in [0.25, 0.3) is 0 Å². The predicted molar refractivity (Wildman–Crippen MR) is 71.2 cm³/mol. The van der Waals surface area contributed by atoms with Gasteiger partial charge in [0, 0.05) is 10.8 Å². The van der Waals surface area contributed by atoms with Crippen LogP contribution >= 0.6 is 23.4 Å². The number of benzene rings is 1. The van der Waals surface area contributed by atoms with Crippen LogP contribution in [0.5, 0.6) is 0 Å². The third-order valence-electron chi connectivity index (χ3n) is 2.37. The lowest BCUT2D eigenvalue weighted by Crippen LogP contribution is -1.85. The van der Waals surface area contributed by atoms with Crippen LogP contribution in [0.1, 0.15) is 30.4 Å². The summed E-state index contributed by atoms with van der Waals surface area (Å²) in [6.07, 6.45) is 3.67. The summed E-state index contributed by atoms with van der Waals surface area (Å²) in [5.74, 6) is 2.01. The molecule has 1 aromatic carbocycles. The van der Waals surface area contributed by atoms with Gasteiger partial charge in [-0.3, -0.25) is 0 Å². The van der Waals surface area contributed by atoms with E-state index in [0.29, 0.717) is 0 Å². The van der Waals surface area contributed by atoms with Gasteiger partial charge in [-0.2, -0.15) is 0 Å². The lowest BCUT2D eigenvalue weighted by Gasteiger charge is -2.06. The Balaban J connectivity index is 2.31.